The molecule has 45 heavy (non-hydrogen) atoms. The van der Waals surface area contributed by atoms with Crippen molar-refractivity contribution >= 4 is 11.7 Å². The van der Waals surface area contributed by atoms with E-state index in [0.29, 0.717) is 45.3 Å². The van der Waals surface area contributed by atoms with E-state index in [9.17, 15) is 19.1 Å². The fraction of sp³-hybridized carbons (Fsp3) is 0.472. The second-order valence-corrected chi connectivity index (χ2v) is 13.0. The van der Waals surface area contributed by atoms with E-state index in [4.69, 9.17) is 19.2 Å². The van der Waals surface area contributed by atoms with Crippen LogP contribution in [-0.2, 0) is 15.8 Å². The molecule has 2 fully saturated rings. The van der Waals surface area contributed by atoms with E-state index < -0.39 is 16.8 Å². The van der Waals surface area contributed by atoms with E-state index in [-0.39, 0.29) is 43.3 Å². The maximum absolute atomic E-state index is 13.8. The highest BCUT2D eigenvalue weighted by atomic mass is 19.1. The van der Waals surface area contributed by atoms with Crippen LogP contribution >= 0.6 is 0 Å². The Morgan fingerprint density at radius 3 is 2.49 bits per heavy atom. The molecular weight excluding hydrogens is 575 g/mol. The van der Waals surface area contributed by atoms with Gasteiger partial charge in [0.25, 0.3) is 0 Å². The van der Waals surface area contributed by atoms with Crippen molar-refractivity contribution < 1.29 is 33.3 Å². The van der Waals surface area contributed by atoms with Crippen molar-refractivity contribution in [2.45, 2.75) is 94.8 Å². The number of fused-ring (bicyclic) bond motifs is 1. The Morgan fingerprint density at radius 1 is 1.07 bits per heavy atom. The predicted octanol–water partition coefficient (Wildman–Crippen LogP) is 6.41. The summed E-state index contributed by atoms with van der Waals surface area (Å²) in [5.41, 5.74) is -0.157. The number of aliphatic hydroxyl groups is 1. The Bertz CT molecular complexity index is 1580. The van der Waals surface area contributed by atoms with E-state index in [0.717, 1.165) is 38.5 Å². The number of ether oxygens (including phenoxy) is 3. The van der Waals surface area contributed by atoms with Crippen LogP contribution in [0.5, 0.6) is 17.2 Å². The SMILES string of the molecule is COc1cc(C(=O)CC[C@](C)(O)c2cc3c(c(-c4ccc(F)cc4)n2)OC[C@]3(C)C(=O)NC2CCCCC2)ccc1OC1CC1. The molecule has 0 spiro atoms. The van der Waals surface area contributed by atoms with Gasteiger partial charge in [0.1, 0.15) is 34.9 Å². The van der Waals surface area contributed by atoms with E-state index in [1.54, 1.807) is 50.4 Å². The second-order valence-electron chi connectivity index (χ2n) is 13.0. The summed E-state index contributed by atoms with van der Waals surface area (Å²) in [5.74, 6) is 0.865. The van der Waals surface area contributed by atoms with Gasteiger partial charge in [-0.2, -0.15) is 0 Å². The van der Waals surface area contributed by atoms with Crippen LogP contribution in [-0.4, -0.2) is 47.6 Å². The number of ketones is 1. The molecule has 0 unspecified atom stereocenters. The third kappa shape index (κ3) is 6.54. The number of hydrogen-bond donors (Lipinski definition) is 2. The number of carbonyl (C=O) groups excluding carboxylic acids is 2. The quantitative estimate of drug-likeness (QED) is 0.240. The first-order chi connectivity index (χ1) is 21.6. The number of amides is 1. The standard InChI is InChI=1S/C36H41FN2O6/c1-35(34(41)38-25-7-5-4-6-8-25)21-44-33-27(35)20-31(39-32(33)22-9-12-24(37)13-10-22)36(2,42)18-17-28(40)23-11-16-29(30(19-23)43-3)45-26-14-15-26/h9-13,16,19-20,25-26,42H,4-8,14-15,17-18,21H2,1-3H3,(H,38,41)/t35-,36-/m0/s1. The summed E-state index contributed by atoms with van der Waals surface area (Å²) in [7, 11) is 1.54. The summed E-state index contributed by atoms with van der Waals surface area (Å²) in [4.78, 5) is 31.9. The smallest absolute Gasteiger partial charge is 0.234 e. The Hall–Kier alpha value is -3.98. The van der Waals surface area contributed by atoms with Gasteiger partial charge in [-0.3, -0.25) is 9.59 Å². The molecule has 2 aromatic carbocycles. The summed E-state index contributed by atoms with van der Waals surface area (Å²) in [6.07, 6.45) is 7.58. The van der Waals surface area contributed by atoms with E-state index in [2.05, 4.69) is 5.32 Å². The third-order valence-electron chi connectivity index (χ3n) is 9.33. The first-order valence-corrected chi connectivity index (χ1v) is 15.9. The molecule has 1 aromatic heterocycles. The first-order valence-electron chi connectivity index (χ1n) is 15.9. The number of methoxy groups -OCH3 is 1. The number of aromatic nitrogens is 1. The molecule has 238 valence electrons. The molecule has 1 aliphatic heterocycles. The number of carbonyl (C=O) groups is 2. The maximum Gasteiger partial charge on any atom is 0.234 e. The van der Waals surface area contributed by atoms with Gasteiger partial charge in [-0.15, -0.1) is 0 Å². The molecular formula is C36H41FN2O6. The highest BCUT2D eigenvalue weighted by Gasteiger charge is 2.46. The molecule has 2 aliphatic carbocycles. The average molecular weight is 617 g/mol. The number of pyridine rings is 1. The van der Waals surface area contributed by atoms with Crippen LogP contribution in [0.1, 0.15) is 93.3 Å². The molecule has 0 bridgehead atoms. The van der Waals surface area contributed by atoms with E-state index in [1.165, 1.54) is 18.6 Å². The molecule has 8 nitrogen and oxygen atoms in total. The van der Waals surface area contributed by atoms with Gasteiger partial charge in [-0.1, -0.05) is 19.3 Å². The number of hydrogen-bond acceptors (Lipinski definition) is 7. The lowest BCUT2D eigenvalue weighted by molar-refractivity contribution is -0.127. The number of nitrogens with one attached hydrogen (secondary N) is 1. The van der Waals surface area contributed by atoms with Crippen LogP contribution in [0.15, 0.2) is 48.5 Å². The normalized spacial score (nSPS) is 20.9. The summed E-state index contributed by atoms with van der Waals surface area (Å²) in [6, 6.07) is 12.9. The zero-order valence-electron chi connectivity index (χ0n) is 26.2. The summed E-state index contributed by atoms with van der Waals surface area (Å²) in [6.45, 7) is 3.58. The van der Waals surface area contributed by atoms with Crippen molar-refractivity contribution in [3.63, 3.8) is 0 Å². The Morgan fingerprint density at radius 2 is 1.80 bits per heavy atom. The third-order valence-corrected chi connectivity index (χ3v) is 9.33. The van der Waals surface area contributed by atoms with Crippen LogP contribution < -0.4 is 19.5 Å². The fourth-order valence-corrected chi connectivity index (χ4v) is 6.18. The lowest BCUT2D eigenvalue weighted by atomic mass is 9.80. The summed E-state index contributed by atoms with van der Waals surface area (Å²) < 4.78 is 31.3. The number of halogens is 1. The van der Waals surface area contributed by atoms with Crippen LogP contribution in [0.25, 0.3) is 11.3 Å². The zero-order chi connectivity index (χ0) is 31.8. The van der Waals surface area contributed by atoms with Crippen LogP contribution in [0, 0.1) is 5.82 Å². The van der Waals surface area contributed by atoms with Gasteiger partial charge >= 0.3 is 0 Å². The molecule has 0 radical (unpaired) electrons. The lowest BCUT2D eigenvalue weighted by Crippen LogP contribution is -2.48. The van der Waals surface area contributed by atoms with Crippen molar-refractivity contribution in [1.82, 2.24) is 10.3 Å². The molecule has 0 saturated heterocycles. The van der Waals surface area contributed by atoms with Crippen molar-refractivity contribution in [2.75, 3.05) is 13.7 Å². The Labute approximate surface area is 263 Å². The van der Waals surface area contributed by atoms with E-state index >= 15 is 0 Å². The highest BCUT2D eigenvalue weighted by molar-refractivity contribution is 5.96. The second kappa shape index (κ2) is 12.4. The average Bonchev–Trinajstić information content (AvgIpc) is 3.80. The van der Waals surface area contributed by atoms with Crippen molar-refractivity contribution in [3.05, 3.63) is 71.2 Å². The number of nitrogens with zero attached hydrogens (tertiary/aromatic N) is 1. The fourth-order valence-electron chi connectivity index (χ4n) is 6.18. The Balaban J connectivity index is 1.28. The molecule has 3 aliphatic rings. The molecule has 2 heterocycles. The van der Waals surface area contributed by atoms with Gasteiger partial charge in [0.2, 0.25) is 5.91 Å². The highest BCUT2D eigenvalue weighted by Crippen LogP contribution is 2.46. The minimum Gasteiger partial charge on any atom is -0.493 e. The van der Waals surface area contributed by atoms with Gasteiger partial charge in [0.15, 0.2) is 17.3 Å². The van der Waals surface area contributed by atoms with Gasteiger partial charge in [0.05, 0.1) is 18.9 Å². The Kier molecular flexibility index (Phi) is 8.57. The largest absolute Gasteiger partial charge is 0.493 e. The van der Waals surface area contributed by atoms with Crippen LogP contribution in [0.2, 0.25) is 0 Å². The number of rotatable bonds is 11. The molecule has 2 saturated carbocycles. The minimum absolute atomic E-state index is 0.0412. The van der Waals surface area contributed by atoms with Gasteiger partial charge in [-0.05, 0) is 94.5 Å². The maximum atomic E-state index is 13.8. The molecule has 6 rings (SSSR count). The summed E-state index contributed by atoms with van der Waals surface area (Å²) in [5, 5.41) is 15.0. The van der Waals surface area contributed by atoms with Gasteiger partial charge < -0.3 is 24.6 Å². The molecule has 2 atom stereocenters. The lowest BCUT2D eigenvalue weighted by Gasteiger charge is -2.29. The minimum atomic E-state index is -1.53. The molecule has 9 heteroatoms. The molecule has 1 amide bonds. The monoisotopic (exact) mass is 616 g/mol. The van der Waals surface area contributed by atoms with E-state index in [1.807, 2.05) is 6.92 Å². The number of Topliss-reactive ketones (excluding diaryl/α,β-unsaturated/α-hetero) is 1. The first kappa shape index (κ1) is 31.0. The van der Waals surface area contributed by atoms with Crippen LogP contribution in [0.4, 0.5) is 4.39 Å². The van der Waals surface area contributed by atoms with Crippen molar-refractivity contribution in [1.29, 1.82) is 0 Å². The van der Waals surface area contributed by atoms with Crippen molar-refractivity contribution in [2.24, 2.45) is 0 Å². The van der Waals surface area contributed by atoms with Gasteiger partial charge in [0, 0.05) is 29.2 Å². The van der Waals surface area contributed by atoms with Gasteiger partial charge in [-0.25, -0.2) is 9.37 Å². The summed E-state index contributed by atoms with van der Waals surface area (Å²) >= 11 is 0. The molecule has 2 N–H and O–H groups in total. The topological polar surface area (TPSA) is 107 Å². The van der Waals surface area contributed by atoms with Crippen molar-refractivity contribution in [3.8, 4) is 28.5 Å². The molecule has 3 aromatic rings. The predicted molar refractivity (Wildman–Crippen MR) is 167 cm³/mol. The number of benzene rings is 2. The zero-order valence-corrected chi connectivity index (χ0v) is 26.2. The van der Waals surface area contributed by atoms with Crippen LogP contribution in [0.3, 0.4) is 0 Å².